The highest BCUT2D eigenvalue weighted by atomic mass is 16.3. The van der Waals surface area contributed by atoms with Crippen LogP contribution < -0.4 is 4.90 Å². The van der Waals surface area contributed by atoms with E-state index in [0.717, 1.165) is 94.2 Å². The van der Waals surface area contributed by atoms with Crippen LogP contribution in [0.4, 0.5) is 17.3 Å². The summed E-state index contributed by atoms with van der Waals surface area (Å²) in [5.41, 5.74) is 12.9. The van der Waals surface area contributed by atoms with Crippen molar-refractivity contribution in [2.45, 2.75) is 0 Å². The first-order chi connectivity index (χ1) is 28.7. The third kappa shape index (κ3) is 5.96. The second-order valence-electron chi connectivity index (χ2n) is 14.6. The molecular weight excluding hydrogens is 707 g/mol. The monoisotopic (exact) mass is 741 g/mol. The third-order valence-electron chi connectivity index (χ3n) is 11.1. The van der Waals surface area contributed by atoms with E-state index in [1.807, 2.05) is 18.2 Å². The lowest BCUT2D eigenvalue weighted by atomic mass is 9.96. The molecule has 11 aromatic rings. The molecule has 0 aliphatic rings. The Morgan fingerprint density at radius 2 is 0.862 bits per heavy atom. The summed E-state index contributed by atoms with van der Waals surface area (Å²) in [5, 5.41) is 5.38. The minimum atomic E-state index is 0.564. The fraction of sp³-hybridized carbons (Fsp3) is 0. The van der Waals surface area contributed by atoms with E-state index < -0.39 is 0 Å². The van der Waals surface area contributed by atoms with Crippen molar-refractivity contribution in [2.75, 3.05) is 4.90 Å². The summed E-state index contributed by atoms with van der Waals surface area (Å²) >= 11 is 0. The molecule has 0 atom stereocenters. The lowest BCUT2D eigenvalue weighted by Crippen LogP contribution is -2.14. The van der Waals surface area contributed by atoms with E-state index >= 15 is 0 Å². The van der Waals surface area contributed by atoms with Crippen LogP contribution in [0.3, 0.4) is 0 Å². The topological polar surface area (TPSA) is 42.2 Å². The quantitative estimate of drug-likeness (QED) is 0.163. The van der Waals surface area contributed by atoms with Gasteiger partial charge in [0, 0.05) is 33.1 Å². The number of para-hydroxylation sites is 1. The zero-order valence-electron chi connectivity index (χ0n) is 31.5. The number of nitrogens with zero attached hydrogens (tertiary/aromatic N) is 3. The molecule has 2 aromatic heterocycles. The van der Waals surface area contributed by atoms with E-state index in [1.165, 1.54) is 5.39 Å². The van der Waals surface area contributed by atoms with Gasteiger partial charge in [0.15, 0.2) is 0 Å². The standard InChI is InChI=1S/C54H35N3O/c1-4-14-36(15-5-1)39-24-28-44(29-25-39)57(45-30-26-40(27-31-45)37-16-6-2-7-17-37)54-55-50-23-13-12-22-46(50)52(56-54)49-34-43(38-18-8-3-9-19-38)33-48-47-32-41-20-10-11-21-42(41)35-51(47)58-53(48)49/h1-35H. The Hall–Kier alpha value is -7.82. The first-order valence-corrected chi connectivity index (χ1v) is 19.6. The smallest absolute Gasteiger partial charge is 0.235 e. The maximum absolute atomic E-state index is 6.89. The fourth-order valence-corrected chi connectivity index (χ4v) is 8.15. The van der Waals surface area contributed by atoms with Crippen molar-refractivity contribution in [3.05, 3.63) is 212 Å². The second-order valence-corrected chi connectivity index (χ2v) is 14.6. The summed E-state index contributed by atoms with van der Waals surface area (Å²) in [7, 11) is 0. The first-order valence-electron chi connectivity index (χ1n) is 19.6. The van der Waals surface area contributed by atoms with Gasteiger partial charge in [-0.2, -0.15) is 0 Å². The summed E-state index contributed by atoms with van der Waals surface area (Å²) in [6, 6.07) is 74.4. The van der Waals surface area contributed by atoms with Gasteiger partial charge in [0.2, 0.25) is 5.95 Å². The van der Waals surface area contributed by atoms with Crippen molar-refractivity contribution in [1.29, 1.82) is 0 Å². The number of aromatic nitrogens is 2. The Morgan fingerprint density at radius 3 is 1.47 bits per heavy atom. The van der Waals surface area contributed by atoms with Gasteiger partial charge in [-0.1, -0.05) is 158 Å². The van der Waals surface area contributed by atoms with E-state index in [4.69, 9.17) is 14.4 Å². The maximum Gasteiger partial charge on any atom is 0.235 e. The normalized spacial score (nSPS) is 11.4. The average Bonchev–Trinajstić information content (AvgIpc) is 3.66. The van der Waals surface area contributed by atoms with Gasteiger partial charge in [-0.05, 0) is 98.8 Å². The molecule has 0 fully saturated rings. The Morgan fingerprint density at radius 1 is 0.362 bits per heavy atom. The highest BCUT2D eigenvalue weighted by Crippen LogP contribution is 2.44. The average molecular weight is 742 g/mol. The number of hydrogen-bond donors (Lipinski definition) is 0. The second kappa shape index (κ2) is 14.0. The van der Waals surface area contributed by atoms with Gasteiger partial charge < -0.3 is 4.42 Å². The molecule has 0 aliphatic carbocycles. The molecule has 0 saturated heterocycles. The highest BCUT2D eigenvalue weighted by Gasteiger charge is 2.23. The Bertz CT molecular complexity index is 3170. The number of furan rings is 1. The van der Waals surface area contributed by atoms with Gasteiger partial charge in [0.25, 0.3) is 0 Å². The Kier molecular flexibility index (Phi) is 8.11. The van der Waals surface area contributed by atoms with Crippen molar-refractivity contribution >= 4 is 60.9 Å². The minimum Gasteiger partial charge on any atom is -0.455 e. The van der Waals surface area contributed by atoms with Crippen LogP contribution >= 0.6 is 0 Å². The van der Waals surface area contributed by atoms with Crippen molar-refractivity contribution in [2.24, 2.45) is 0 Å². The van der Waals surface area contributed by atoms with E-state index in [-0.39, 0.29) is 0 Å². The summed E-state index contributed by atoms with van der Waals surface area (Å²) in [4.78, 5) is 13.0. The van der Waals surface area contributed by atoms with Crippen LogP contribution in [0.15, 0.2) is 217 Å². The molecule has 0 radical (unpaired) electrons. The number of benzene rings is 9. The van der Waals surface area contributed by atoms with Crippen LogP contribution in [-0.2, 0) is 0 Å². The van der Waals surface area contributed by atoms with Crippen LogP contribution in [0.25, 0.3) is 88.3 Å². The summed E-state index contributed by atoms with van der Waals surface area (Å²) in [5.74, 6) is 0.564. The molecule has 4 nitrogen and oxygen atoms in total. The van der Waals surface area contributed by atoms with Gasteiger partial charge >= 0.3 is 0 Å². The number of anilines is 3. The lowest BCUT2D eigenvalue weighted by Gasteiger charge is -2.25. The minimum absolute atomic E-state index is 0.564. The molecule has 11 rings (SSSR count). The lowest BCUT2D eigenvalue weighted by molar-refractivity contribution is 0.670. The summed E-state index contributed by atoms with van der Waals surface area (Å²) in [6.07, 6.45) is 0. The highest BCUT2D eigenvalue weighted by molar-refractivity contribution is 6.15. The molecule has 272 valence electrons. The number of hydrogen-bond acceptors (Lipinski definition) is 4. The molecule has 0 spiro atoms. The van der Waals surface area contributed by atoms with Crippen LogP contribution in [-0.4, -0.2) is 9.97 Å². The van der Waals surface area contributed by atoms with Gasteiger partial charge in [-0.3, -0.25) is 4.90 Å². The van der Waals surface area contributed by atoms with Crippen LogP contribution in [0.5, 0.6) is 0 Å². The molecule has 58 heavy (non-hydrogen) atoms. The fourth-order valence-electron chi connectivity index (χ4n) is 8.15. The zero-order chi connectivity index (χ0) is 38.4. The largest absolute Gasteiger partial charge is 0.455 e. The third-order valence-corrected chi connectivity index (χ3v) is 11.1. The van der Waals surface area contributed by atoms with Crippen molar-refractivity contribution in [3.8, 4) is 44.6 Å². The maximum atomic E-state index is 6.89. The molecule has 0 saturated carbocycles. The van der Waals surface area contributed by atoms with E-state index in [9.17, 15) is 0 Å². The van der Waals surface area contributed by atoms with Gasteiger partial charge in [-0.15, -0.1) is 0 Å². The number of fused-ring (bicyclic) bond motifs is 5. The predicted octanol–water partition coefficient (Wildman–Crippen LogP) is 14.8. The van der Waals surface area contributed by atoms with E-state index in [2.05, 4.69) is 199 Å². The zero-order valence-corrected chi connectivity index (χ0v) is 31.5. The molecule has 0 aliphatic heterocycles. The van der Waals surface area contributed by atoms with Crippen molar-refractivity contribution in [1.82, 2.24) is 9.97 Å². The number of rotatable bonds is 7. The summed E-state index contributed by atoms with van der Waals surface area (Å²) in [6.45, 7) is 0. The first kappa shape index (κ1) is 33.5. The SMILES string of the molecule is c1ccc(-c2ccc(N(c3ccc(-c4ccccc4)cc3)c3nc(-c4cc(-c5ccccc5)cc5c4oc4cc6ccccc6cc45)c4ccccc4n3)cc2)cc1. The summed E-state index contributed by atoms with van der Waals surface area (Å²) < 4.78 is 6.89. The molecular formula is C54H35N3O. The predicted molar refractivity (Wildman–Crippen MR) is 241 cm³/mol. The van der Waals surface area contributed by atoms with Crippen LogP contribution in [0, 0.1) is 0 Å². The van der Waals surface area contributed by atoms with Crippen LogP contribution in [0.1, 0.15) is 0 Å². The Balaban J connectivity index is 1.15. The molecule has 0 unspecified atom stereocenters. The van der Waals surface area contributed by atoms with Gasteiger partial charge in [0.05, 0.1) is 11.2 Å². The molecule has 2 heterocycles. The van der Waals surface area contributed by atoms with Gasteiger partial charge in [0.1, 0.15) is 11.2 Å². The Labute approximate surface area is 335 Å². The molecule has 9 aromatic carbocycles. The molecule has 0 N–H and O–H groups in total. The molecule has 4 heteroatoms. The van der Waals surface area contributed by atoms with E-state index in [0.29, 0.717) is 5.95 Å². The van der Waals surface area contributed by atoms with E-state index in [1.54, 1.807) is 0 Å². The van der Waals surface area contributed by atoms with Crippen molar-refractivity contribution < 1.29 is 4.42 Å². The van der Waals surface area contributed by atoms with Crippen LogP contribution in [0.2, 0.25) is 0 Å². The van der Waals surface area contributed by atoms with Gasteiger partial charge in [-0.25, -0.2) is 9.97 Å². The van der Waals surface area contributed by atoms with Crippen molar-refractivity contribution in [3.63, 3.8) is 0 Å². The molecule has 0 amide bonds. The molecule has 0 bridgehead atoms.